The van der Waals surface area contributed by atoms with Crippen molar-refractivity contribution in [2.45, 2.75) is 52.6 Å². The highest BCUT2D eigenvalue weighted by molar-refractivity contribution is 5.94. The molecule has 1 unspecified atom stereocenters. The summed E-state index contributed by atoms with van der Waals surface area (Å²) in [5.41, 5.74) is 1.65. The van der Waals surface area contributed by atoms with Crippen LogP contribution >= 0.6 is 0 Å². The quantitative estimate of drug-likeness (QED) is 0.470. The van der Waals surface area contributed by atoms with E-state index in [9.17, 15) is 9.59 Å². The average Bonchev–Trinajstić information content (AvgIpc) is 3.25. The molecule has 1 saturated heterocycles. The van der Waals surface area contributed by atoms with Crippen LogP contribution in [0.2, 0.25) is 0 Å². The van der Waals surface area contributed by atoms with Crippen molar-refractivity contribution in [3.05, 3.63) is 35.4 Å². The number of nitrogens with one attached hydrogen (secondary N) is 3. The third-order valence-electron chi connectivity index (χ3n) is 4.84. The van der Waals surface area contributed by atoms with E-state index in [1.165, 1.54) is 0 Å². The van der Waals surface area contributed by atoms with E-state index in [0.717, 1.165) is 44.5 Å². The highest BCUT2D eigenvalue weighted by Gasteiger charge is 2.17. The minimum Gasteiger partial charge on any atom is -0.357 e. The summed E-state index contributed by atoms with van der Waals surface area (Å²) in [5, 5.41) is 9.23. The first kappa shape index (κ1) is 21.7. The van der Waals surface area contributed by atoms with Gasteiger partial charge < -0.3 is 20.9 Å². The molecule has 1 aromatic rings. The zero-order valence-corrected chi connectivity index (χ0v) is 17.3. The summed E-state index contributed by atoms with van der Waals surface area (Å²) in [7, 11) is 0. The molecule has 2 amide bonds. The predicted molar refractivity (Wildman–Crippen MR) is 112 cm³/mol. The lowest BCUT2D eigenvalue weighted by molar-refractivity contribution is -0.128. The molecule has 1 fully saturated rings. The maximum Gasteiger partial charge on any atom is 0.251 e. The van der Waals surface area contributed by atoms with Crippen LogP contribution in [0, 0.1) is 0 Å². The highest BCUT2D eigenvalue weighted by Crippen LogP contribution is 2.08. The molecule has 154 valence electrons. The Morgan fingerprint density at radius 1 is 1.11 bits per heavy atom. The molecule has 1 aromatic carbocycles. The number of benzene rings is 1. The second kappa shape index (κ2) is 11.3. The molecule has 0 aromatic heterocycles. The first-order chi connectivity index (χ1) is 13.5. The molecule has 0 saturated carbocycles. The van der Waals surface area contributed by atoms with Crippen molar-refractivity contribution >= 4 is 17.8 Å². The first-order valence-corrected chi connectivity index (χ1v) is 10.2. The predicted octanol–water partition coefficient (Wildman–Crippen LogP) is 1.89. The smallest absolute Gasteiger partial charge is 0.251 e. The molecule has 0 radical (unpaired) electrons. The van der Waals surface area contributed by atoms with Crippen LogP contribution < -0.4 is 16.0 Å². The van der Waals surface area contributed by atoms with Crippen LogP contribution in [0.3, 0.4) is 0 Å². The van der Waals surface area contributed by atoms with E-state index in [0.29, 0.717) is 18.1 Å². The summed E-state index contributed by atoms with van der Waals surface area (Å²) in [4.78, 5) is 30.7. The third kappa shape index (κ3) is 6.87. The lowest BCUT2D eigenvalue weighted by atomic mass is 10.1. The molecule has 0 bridgehead atoms. The Labute approximate surface area is 168 Å². The fourth-order valence-electron chi connectivity index (χ4n) is 2.92. The van der Waals surface area contributed by atoms with Crippen molar-refractivity contribution in [3.8, 4) is 0 Å². The second-order valence-corrected chi connectivity index (χ2v) is 7.12. The lowest BCUT2D eigenvalue weighted by Crippen LogP contribution is -2.44. The van der Waals surface area contributed by atoms with Crippen molar-refractivity contribution in [1.82, 2.24) is 20.9 Å². The molecule has 0 aliphatic carbocycles. The molecule has 1 atom stereocenters. The van der Waals surface area contributed by atoms with Crippen molar-refractivity contribution in [3.63, 3.8) is 0 Å². The molecular formula is C21H33N5O2. The summed E-state index contributed by atoms with van der Waals surface area (Å²) in [5.74, 6) is 0.674. The number of hydrogen-bond acceptors (Lipinski definition) is 3. The molecule has 1 aliphatic heterocycles. The lowest BCUT2D eigenvalue weighted by Gasteiger charge is -2.17. The van der Waals surface area contributed by atoms with Crippen molar-refractivity contribution in [1.29, 1.82) is 0 Å². The molecule has 0 spiro atoms. The zero-order chi connectivity index (χ0) is 20.4. The number of nitrogens with zero attached hydrogens (tertiary/aromatic N) is 2. The van der Waals surface area contributed by atoms with E-state index in [1.54, 1.807) is 0 Å². The van der Waals surface area contributed by atoms with Crippen LogP contribution in [0.1, 0.15) is 56.0 Å². The number of guanidine groups is 1. The Hall–Kier alpha value is -2.57. The first-order valence-electron chi connectivity index (χ1n) is 10.2. The van der Waals surface area contributed by atoms with Gasteiger partial charge in [-0.1, -0.05) is 19.1 Å². The summed E-state index contributed by atoms with van der Waals surface area (Å²) >= 11 is 0. The molecule has 28 heavy (non-hydrogen) atoms. The van der Waals surface area contributed by atoms with Crippen LogP contribution in [-0.2, 0) is 11.3 Å². The zero-order valence-electron chi connectivity index (χ0n) is 17.3. The Morgan fingerprint density at radius 3 is 2.39 bits per heavy atom. The molecule has 1 heterocycles. The number of carbonyl (C=O) groups excluding carboxylic acids is 2. The molecule has 2 rings (SSSR count). The van der Waals surface area contributed by atoms with Gasteiger partial charge in [0, 0.05) is 31.2 Å². The Morgan fingerprint density at radius 2 is 1.79 bits per heavy atom. The Kier molecular flexibility index (Phi) is 8.78. The third-order valence-corrected chi connectivity index (χ3v) is 4.84. The Balaban J connectivity index is 1.88. The van der Waals surface area contributed by atoms with Crippen LogP contribution in [0.25, 0.3) is 0 Å². The van der Waals surface area contributed by atoms with Gasteiger partial charge in [0.25, 0.3) is 5.91 Å². The molecule has 3 N–H and O–H groups in total. The SMILES string of the molecule is CCNC(=NCc1ccc(C(=O)NC(C)CC)cc1)NCC(=O)N1CCCC1. The van der Waals surface area contributed by atoms with E-state index in [4.69, 9.17) is 0 Å². The van der Waals surface area contributed by atoms with Gasteiger partial charge in [-0.2, -0.15) is 0 Å². The number of likely N-dealkylation sites (tertiary alicyclic amines) is 1. The minimum absolute atomic E-state index is 0.0557. The summed E-state index contributed by atoms with van der Waals surface area (Å²) in [6.07, 6.45) is 3.08. The van der Waals surface area contributed by atoms with Crippen LogP contribution in [-0.4, -0.2) is 54.9 Å². The summed E-state index contributed by atoms with van der Waals surface area (Å²) < 4.78 is 0. The summed E-state index contributed by atoms with van der Waals surface area (Å²) in [6.45, 7) is 9.17. The van der Waals surface area contributed by atoms with E-state index in [-0.39, 0.29) is 24.4 Å². The van der Waals surface area contributed by atoms with Gasteiger partial charge in [0.05, 0.1) is 13.1 Å². The van der Waals surface area contributed by atoms with Gasteiger partial charge in [-0.3, -0.25) is 9.59 Å². The maximum absolute atomic E-state index is 12.2. The van der Waals surface area contributed by atoms with Crippen LogP contribution in [0.5, 0.6) is 0 Å². The number of carbonyl (C=O) groups is 2. The largest absolute Gasteiger partial charge is 0.357 e. The van der Waals surface area contributed by atoms with E-state index in [2.05, 4.69) is 20.9 Å². The number of rotatable bonds is 8. The van der Waals surface area contributed by atoms with Gasteiger partial charge in [-0.25, -0.2) is 4.99 Å². The summed E-state index contributed by atoms with van der Waals surface area (Å²) in [6, 6.07) is 7.62. The molecule has 1 aliphatic rings. The fourth-order valence-corrected chi connectivity index (χ4v) is 2.92. The monoisotopic (exact) mass is 387 g/mol. The normalized spacial score (nSPS) is 15.2. The topological polar surface area (TPSA) is 85.8 Å². The Bertz CT molecular complexity index is 666. The fraction of sp³-hybridized carbons (Fsp3) is 0.571. The number of hydrogen-bond donors (Lipinski definition) is 3. The van der Waals surface area contributed by atoms with Gasteiger partial charge in [-0.05, 0) is 50.8 Å². The van der Waals surface area contributed by atoms with Gasteiger partial charge in [-0.15, -0.1) is 0 Å². The van der Waals surface area contributed by atoms with Crippen molar-refractivity contribution < 1.29 is 9.59 Å². The van der Waals surface area contributed by atoms with Gasteiger partial charge in [0.1, 0.15) is 0 Å². The van der Waals surface area contributed by atoms with E-state index < -0.39 is 0 Å². The number of amides is 2. The van der Waals surface area contributed by atoms with Crippen molar-refractivity contribution in [2.24, 2.45) is 4.99 Å². The molecular weight excluding hydrogens is 354 g/mol. The van der Waals surface area contributed by atoms with Gasteiger partial charge >= 0.3 is 0 Å². The van der Waals surface area contributed by atoms with Gasteiger partial charge in [0.2, 0.25) is 5.91 Å². The second-order valence-electron chi connectivity index (χ2n) is 7.12. The van der Waals surface area contributed by atoms with Crippen LogP contribution in [0.4, 0.5) is 0 Å². The van der Waals surface area contributed by atoms with Gasteiger partial charge in [0.15, 0.2) is 5.96 Å². The molecule has 7 nitrogen and oxygen atoms in total. The number of aliphatic imine (C=N–C) groups is 1. The standard InChI is InChI=1S/C21H33N5O2/c1-4-16(3)25-20(28)18-10-8-17(9-11-18)14-23-21(22-5-2)24-15-19(27)26-12-6-7-13-26/h8-11,16H,4-7,12-15H2,1-3H3,(H,25,28)(H2,22,23,24). The van der Waals surface area contributed by atoms with E-state index >= 15 is 0 Å². The van der Waals surface area contributed by atoms with Crippen LogP contribution in [0.15, 0.2) is 29.3 Å². The maximum atomic E-state index is 12.2. The van der Waals surface area contributed by atoms with E-state index in [1.807, 2.05) is 49.9 Å². The highest BCUT2D eigenvalue weighted by atomic mass is 16.2. The minimum atomic E-state index is -0.0557. The van der Waals surface area contributed by atoms with Crippen molar-refractivity contribution in [2.75, 3.05) is 26.2 Å². The molecule has 7 heteroatoms. The average molecular weight is 388 g/mol.